The molecule has 0 aliphatic heterocycles. The Morgan fingerprint density at radius 2 is 2.21 bits per heavy atom. The van der Waals surface area contributed by atoms with E-state index in [4.69, 9.17) is 0 Å². The number of aromatic amines is 2. The van der Waals surface area contributed by atoms with Crippen LogP contribution in [0.2, 0.25) is 0 Å². The Kier molecular flexibility index (Phi) is 1.41. The number of benzene rings is 1. The molecule has 0 atom stereocenters. The van der Waals surface area contributed by atoms with Gasteiger partial charge in [-0.1, -0.05) is 12.1 Å². The van der Waals surface area contributed by atoms with Crippen LogP contribution in [0.15, 0.2) is 30.5 Å². The van der Waals surface area contributed by atoms with Crippen LogP contribution in [-0.4, -0.2) is 20.2 Å². The van der Waals surface area contributed by atoms with Gasteiger partial charge in [0.1, 0.15) is 0 Å². The summed E-state index contributed by atoms with van der Waals surface area (Å²) in [6, 6.07) is 7.85. The lowest BCUT2D eigenvalue weighted by molar-refractivity contribution is 1.10. The maximum absolute atomic E-state index is 4.14. The van der Waals surface area contributed by atoms with Crippen molar-refractivity contribution in [3.63, 3.8) is 0 Å². The standard InChI is InChI=1S/C10H7N4/c1-2-7(8-4-5-13-14-8)10-9(3-1)11-6-12-10/h1-5H,(H,11,12)(H,13,14). The van der Waals surface area contributed by atoms with Crippen LogP contribution in [0.3, 0.4) is 0 Å². The number of aromatic nitrogens is 4. The fourth-order valence-electron chi connectivity index (χ4n) is 1.53. The minimum atomic E-state index is 0.899. The van der Waals surface area contributed by atoms with Crippen LogP contribution < -0.4 is 0 Å². The highest BCUT2D eigenvalue weighted by Gasteiger charge is 2.06. The molecule has 14 heavy (non-hydrogen) atoms. The van der Waals surface area contributed by atoms with E-state index in [2.05, 4.69) is 26.5 Å². The third-order valence-corrected chi connectivity index (χ3v) is 2.17. The molecule has 0 amide bonds. The highest BCUT2D eigenvalue weighted by atomic mass is 15.1. The monoisotopic (exact) mass is 183 g/mol. The van der Waals surface area contributed by atoms with Gasteiger partial charge in [-0.15, -0.1) is 0 Å². The summed E-state index contributed by atoms with van der Waals surface area (Å²) in [4.78, 5) is 7.09. The molecule has 1 aromatic carbocycles. The van der Waals surface area contributed by atoms with E-state index in [1.807, 2.05) is 24.3 Å². The maximum atomic E-state index is 4.14. The Balaban J connectivity index is 2.36. The minimum Gasteiger partial charge on any atom is -0.335 e. The summed E-state index contributed by atoms with van der Waals surface area (Å²) in [5.74, 6) is 0. The van der Waals surface area contributed by atoms with Crippen LogP contribution in [0.4, 0.5) is 0 Å². The molecule has 67 valence electrons. The number of para-hydroxylation sites is 1. The molecule has 2 heterocycles. The fraction of sp³-hybridized carbons (Fsp3) is 0. The summed E-state index contributed by atoms with van der Waals surface area (Å²) in [6.45, 7) is 0. The van der Waals surface area contributed by atoms with Gasteiger partial charge >= 0.3 is 0 Å². The highest BCUT2D eigenvalue weighted by molar-refractivity contribution is 5.90. The summed E-state index contributed by atoms with van der Waals surface area (Å²) in [5.41, 5.74) is 3.79. The van der Waals surface area contributed by atoms with Crippen LogP contribution >= 0.6 is 0 Å². The number of imidazole rings is 1. The van der Waals surface area contributed by atoms with Crippen molar-refractivity contribution in [3.8, 4) is 11.3 Å². The number of nitrogens with zero attached hydrogens (tertiary/aromatic N) is 2. The third-order valence-electron chi connectivity index (χ3n) is 2.17. The van der Waals surface area contributed by atoms with Crippen molar-refractivity contribution in [1.29, 1.82) is 0 Å². The Morgan fingerprint density at radius 1 is 1.21 bits per heavy atom. The van der Waals surface area contributed by atoms with Crippen LogP contribution in [0.1, 0.15) is 0 Å². The van der Waals surface area contributed by atoms with Crippen molar-refractivity contribution in [2.24, 2.45) is 0 Å². The first kappa shape index (κ1) is 7.32. The van der Waals surface area contributed by atoms with E-state index in [-0.39, 0.29) is 0 Å². The SMILES string of the molecule is [c]1nc2c(-c3cc[nH]n3)cccc2[nH]1. The van der Waals surface area contributed by atoms with Crippen LogP contribution in [0, 0.1) is 6.33 Å². The number of rotatable bonds is 1. The Hall–Kier alpha value is -2.10. The van der Waals surface area contributed by atoms with Gasteiger partial charge in [0, 0.05) is 11.8 Å². The summed E-state index contributed by atoms with van der Waals surface area (Å²) >= 11 is 0. The van der Waals surface area contributed by atoms with Gasteiger partial charge in [0.25, 0.3) is 0 Å². The van der Waals surface area contributed by atoms with E-state index < -0.39 is 0 Å². The molecule has 3 aromatic rings. The van der Waals surface area contributed by atoms with Gasteiger partial charge in [-0.2, -0.15) is 5.10 Å². The van der Waals surface area contributed by atoms with Crippen molar-refractivity contribution in [3.05, 3.63) is 36.8 Å². The average molecular weight is 183 g/mol. The van der Waals surface area contributed by atoms with Gasteiger partial charge in [0.05, 0.1) is 16.7 Å². The van der Waals surface area contributed by atoms with Gasteiger partial charge in [-0.3, -0.25) is 5.10 Å². The van der Waals surface area contributed by atoms with Crippen molar-refractivity contribution >= 4 is 11.0 Å². The van der Waals surface area contributed by atoms with E-state index in [9.17, 15) is 0 Å². The molecule has 0 spiro atoms. The number of hydrogen-bond donors (Lipinski definition) is 2. The molecule has 0 aliphatic carbocycles. The summed E-state index contributed by atoms with van der Waals surface area (Å²) in [6.07, 6.45) is 4.52. The quantitative estimate of drug-likeness (QED) is 0.603. The Labute approximate surface area is 80.0 Å². The number of H-pyrrole nitrogens is 2. The van der Waals surface area contributed by atoms with Gasteiger partial charge in [-0.25, -0.2) is 4.98 Å². The third kappa shape index (κ3) is 0.939. The van der Waals surface area contributed by atoms with E-state index in [1.54, 1.807) is 6.20 Å². The molecule has 4 heteroatoms. The zero-order valence-electron chi connectivity index (χ0n) is 7.28. The first-order valence-corrected chi connectivity index (χ1v) is 4.30. The second kappa shape index (κ2) is 2.70. The molecule has 0 fully saturated rings. The Morgan fingerprint density at radius 3 is 3.07 bits per heavy atom. The predicted molar refractivity (Wildman–Crippen MR) is 52.5 cm³/mol. The molecular weight excluding hydrogens is 176 g/mol. The zero-order valence-corrected chi connectivity index (χ0v) is 7.28. The van der Waals surface area contributed by atoms with E-state index in [0.717, 1.165) is 22.3 Å². The van der Waals surface area contributed by atoms with Crippen LogP contribution in [0.5, 0.6) is 0 Å². The van der Waals surface area contributed by atoms with E-state index in [1.165, 1.54) is 0 Å². The summed E-state index contributed by atoms with van der Waals surface area (Å²) in [7, 11) is 0. The van der Waals surface area contributed by atoms with Gasteiger partial charge in [0.2, 0.25) is 0 Å². The van der Waals surface area contributed by atoms with Crippen molar-refractivity contribution in [1.82, 2.24) is 20.2 Å². The molecule has 0 bridgehead atoms. The molecule has 0 aliphatic rings. The molecule has 1 radical (unpaired) electrons. The second-order valence-electron chi connectivity index (χ2n) is 3.01. The Bertz CT molecular complexity index is 550. The van der Waals surface area contributed by atoms with Crippen LogP contribution in [0.25, 0.3) is 22.3 Å². The smallest absolute Gasteiger partial charge is 0.174 e. The average Bonchev–Trinajstić information content (AvgIpc) is 2.88. The van der Waals surface area contributed by atoms with E-state index >= 15 is 0 Å². The lowest BCUT2D eigenvalue weighted by Gasteiger charge is -1.96. The topological polar surface area (TPSA) is 57.4 Å². The lowest BCUT2D eigenvalue weighted by atomic mass is 10.1. The van der Waals surface area contributed by atoms with Gasteiger partial charge in [-0.05, 0) is 12.1 Å². The van der Waals surface area contributed by atoms with Crippen molar-refractivity contribution in [2.45, 2.75) is 0 Å². The van der Waals surface area contributed by atoms with Crippen molar-refractivity contribution < 1.29 is 0 Å². The number of fused-ring (bicyclic) bond motifs is 1. The molecule has 3 rings (SSSR count). The minimum absolute atomic E-state index is 0.899. The molecule has 4 nitrogen and oxygen atoms in total. The maximum Gasteiger partial charge on any atom is 0.174 e. The van der Waals surface area contributed by atoms with E-state index in [0.29, 0.717) is 0 Å². The first-order valence-electron chi connectivity index (χ1n) is 4.30. The lowest BCUT2D eigenvalue weighted by Crippen LogP contribution is -1.80. The summed E-state index contributed by atoms with van der Waals surface area (Å²) < 4.78 is 0. The number of nitrogens with one attached hydrogen (secondary N) is 2. The zero-order chi connectivity index (χ0) is 9.38. The molecule has 2 aromatic heterocycles. The highest BCUT2D eigenvalue weighted by Crippen LogP contribution is 2.23. The molecular formula is C10H7N4. The largest absolute Gasteiger partial charge is 0.335 e. The second-order valence-corrected chi connectivity index (χ2v) is 3.01. The number of hydrogen-bond acceptors (Lipinski definition) is 2. The molecule has 2 N–H and O–H groups in total. The molecule has 0 unspecified atom stereocenters. The van der Waals surface area contributed by atoms with Crippen LogP contribution in [-0.2, 0) is 0 Å². The predicted octanol–water partition coefficient (Wildman–Crippen LogP) is 1.75. The van der Waals surface area contributed by atoms with Crippen molar-refractivity contribution in [2.75, 3.05) is 0 Å². The van der Waals surface area contributed by atoms with Gasteiger partial charge in [0.15, 0.2) is 6.33 Å². The molecule has 0 saturated heterocycles. The molecule has 0 saturated carbocycles. The first-order chi connectivity index (χ1) is 6.95. The van der Waals surface area contributed by atoms with Gasteiger partial charge < -0.3 is 4.98 Å². The normalized spacial score (nSPS) is 10.9. The fourth-order valence-corrected chi connectivity index (χ4v) is 1.53. The summed E-state index contributed by atoms with van der Waals surface area (Å²) in [5, 5.41) is 6.91.